The highest BCUT2D eigenvalue weighted by molar-refractivity contribution is 4.89. The van der Waals surface area contributed by atoms with Gasteiger partial charge in [0.1, 0.15) is 0 Å². The maximum absolute atomic E-state index is 6.06. The molecule has 1 saturated heterocycles. The average molecular weight is 252 g/mol. The molecule has 0 bridgehead atoms. The molecule has 1 N–H and O–H groups in total. The fourth-order valence-corrected chi connectivity index (χ4v) is 2.40. The highest BCUT2D eigenvalue weighted by Crippen LogP contribution is 2.20. The smallest absolute Gasteiger partial charge is 0.0707 e. The normalized spacial score (nSPS) is 23.8. The van der Waals surface area contributed by atoms with Crippen LogP contribution >= 0.6 is 0 Å². The number of ether oxygens (including phenoxy) is 1. The Morgan fingerprint density at radius 3 is 2.72 bits per heavy atom. The third kappa shape index (κ3) is 5.86. The van der Waals surface area contributed by atoms with E-state index in [1.54, 1.807) is 0 Å². The molecule has 0 aromatic rings. The molecule has 1 aliphatic rings. The van der Waals surface area contributed by atoms with Gasteiger partial charge in [0.15, 0.2) is 0 Å². The van der Waals surface area contributed by atoms with Gasteiger partial charge in [-0.15, -0.1) is 6.42 Å². The zero-order valence-electron chi connectivity index (χ0n) is 12.1. The summed E-state index contributed by atoms with van der Waals surface area (Å²) in [4.78, 5) is 2.32. The molecule has 0 radical (unpaired) electrons. The van der Waals surface area contributed by atoms with E-state index in [-0.39, 0.29) is 0 Å². The van der Waals surface area contributed by atoms with Crippen LogP contribution in [0.15, 0.2) is 0 Å². The van der Waals surface area contributed by atoms with E-state index >= 15 is 0 Å². The topological polar surface area (TPSA) is 24.5 Å². The lowest BCUT2D eigenvalue weighted by Crippen LogP contribution is -2.35. The van der Waals surface area contributed by atoms with E-state index < -0.39 is 0 Å². The summed E-state index contributed by atoms with van der Waals surface area (Å²) in [7, 11) is 0. The molecule has 0 aromatic heterocycles. The van der Waals surface area contributed by atoms with Gasteiger partial charge in [-0.1, -0.05) is 26.7 Å². The monoisotopic (exact) mass is 252 g/mol. The van der Waals surface area contributed by atoms with Crippen LogP contribution in [0.2, 0.25) is 0 Å². The zero-order valence-corrected chi connectivity index (χ0v) is 12.1. The van der Waals surface area contributed by atoms with E-state index in [4.69, 9.17) is 11.2 Å². The van der Waals surface area contributed by atoms with Crippen LogP contribution in [0.1, 0.15) is 40.0 Å². The van der Waals surface area contributed by atoms with Crippen LogP contribution in [0.4, 0.5) is 0 Å². The molecular formula is C15H28N2O. The van der Waals surface area contributed by atoms with Gasteiger partial charge in [0.2, 0.25) is 0 Å². The Hall–Kier alpha value is -0.560. The molecule has 0 aliphatic carbocycles. The minimum Gasteiger partial charge on any atom is -0.372 e. The van der Waals surface area contributed by atoms with Gasteiger partial charge in [0.05, 0.1) is 18.8 Å². The van der Waals surface area contributed by atoms with Crippen molar-refractivity contribution in [2.45, 2.75) is 58.3 Å². The predicted octanol–water partition coefficient (Wildman–Crippen LogP) is 1.88. The number of hydrogen-bond donors (Lipinski definition) is 1. The Morgan fingerprint density at radius 2 is 2.11 bits per heavy atom. The highest BCUT2D eigenvalue weighted by Gasteiger charge is 2.26. The number of nitrogens with one attached hydrogen (secondary N) is 1. The largest absolute Gasteiger partial charge is 0.372 e. The fraction of sp³-hybridized carbons (Fsp3) is 0.867. The summed E-state index contributed by atoms with van der Waals surface area (Å²) < 4.78 is 6.06. The summed E-state index contributed by atoms with van der Waals surface area (Å²) in [5, 5.41) is 3.44. The second kappa shape index (κ2) is 8.53. The molecule has 1 aliphatic heterocycles. The molecule has 18 heavy (non-hydrogen) atoms. The third-order valence-electron chi connectivity index (χ3n) is 3.27. The van der Waals surface area contributed by atoms with Crippen LogP contribution in [0.5, 0.6) is 0 Å². The maximum Gasteiger partial charge on any atom is 0.0707 e. The van der Waals surface area contributed by atoms with Crippen LogP contribution in [0, 0.1) is 12.3 Å². The number of terminal acetylenes is 1. The van der Waals surface area contributed by atoms with Gasteiger partial charge in [-0.2, -0.15) is 0 Å². The SMILES string of the molecule is C#CCN(CCC)CC1CCC(CNC(C)C)O1. The van der Waals surface area contributed by atoms with Crippen molar-refractivity contribution in [1.29, 1.82) is 0 Å². The Bertz CT molecular complexity index is 260. The molecule has 2 unspecified atom stereocenters. The minimum atomic E-state index is 0.365. The first-order valence-corrected chi connectivity index (χ1v) is 7.20. The molecule has 104 valence electrons. The van der Waals surface area contributed by atoms with Gasteiger partial charge in [0.25, 0.3) is 0 Å². The van der Waals surface area contributed by atoms with Crippen molar-refractivity contribution >= 4 is 0 Å². The van der Waals surface area contributed by atoms with Gasteiger partial charge in [-0.05, 0) is 25.8 Å². The van der Waals surface area contributed by atoms with Gasteiger partial charge in [-0.25, -0.2) is 0 Å². The Balaban J connectivity index is 2.25. The van der Waals surface area contributed by atoms with Crippen LogP contribution in [-0.2, 0) is 4.74 Å². The lowest BCUT2D eigenvalue weighted by molar-refractivity contribution is 0.0250. The molecule has 0 amide bonds. The molecule has 1 rings (SSSR count). The highest BCUT2D eigenvalue weighted by atomic mass is 16.5. The standard InChI is InChI=1S/C15H28N2O/c1-5-9-17(10-6-2)12-15-8-7-14(18-15)11-16-13(3)4/h1,13-16H,6-12H2,2-4H3. The van der Waals surface area contributed by atoms with E-state index in [0.29, 0.717) is 18.2 Å². The van der Waals surface area contributed by atoms with Crippen molar-refractivity contribution in [3.63, 3.8) is 0 Å². The van der Waals surface area contributed by atoms with Crippen LogP contribution in [0.3, 0.4) is 0 Å². The molecule has 0 saturated carbocycles. The molecule has 1 fully saturated rings. The van der Waals surface area contributed by atoms with E-state index in [1.807, 2.05) is 0 Å². The summed E-state index contributed by atoms with van der Waals surface area (Å²) in [6.07, 6.45) is 9.62. The lowest BCUT2D eigenvalue weighted by atomic mass is 10.2. The first-order valence-electron chi connectivity index (χ1n) is 7.20. The molecule has 0 aromatic carbocycles. The molecule has 3 heteroatoms. The summed E-state index contributed by atoms with van der Waals surface area (Å²) >= 11 is 0. The third-order valence-corrected chi connectivity index (χ3v) is 3.27. The van der Waals surface area contributed by atoms with Crippen molar-refractivity contribution in [2.75, 3.05) is 26.2 Å². The second-order valence-electron chi connectivity index (χ2n) is 5.46. The van der Waals surface area contributed by atoms with Gasteiger partial charge >= 0.3 is 0 Å². The van der Waals surface area contributed by atoms with Crippen molar-refractivity contribution in [3.8, 4) is 12.3 Å². The quantitative estimate of drug-likeness (QED) is 0.668. The van der Waals surface area contributed by atoms with Gasteiger partial charge in [0, 0.05) is 19.1 Å². The van der Waals surface area contributed by atoms with Crippen molar-refractivity contribution in [3.05, 3.63) is 0 Å². The fourth-order valence-electron chi connectivity index (χ4n) is 2.40. The van der Waals surface area contributed by atoms with Gasteiger partial charge < -0.3 is 10.1 Å². The van der Waals surface area contributed by atoms with Crippen molar-refractivity contribution < 1.29 is 4.74 Å². The second-order valence-corrected chi connectivity index (χ2v) is 5.46. The van der Waals surface area contributed by atoms with E-state index in [9.17, 15) is 0 Å². The number of rotatable bonds is 8. The summed E-state index contributed by atoms with van der Waals surface area (Å²) in [5.74, 6) is 2.74. The Labute approximate surface area is 112 Å². The summed E-state index contributed by atoms with van der Waals surface area (Å²) in [6, 6.07) is 0.533. The maximum atomic E-state index is 6.06. The number of hydrogen-bond acceptors (Lipinski definition) is 3. The van der Waals surface area contributed by atoms with Crippen molar-refractivity contribution in [2.24, 2.45) is 0 Å². The van der Waals surface area contributed by atoms with E-state index in [0.717, 1.165) is 39.0 Å². The zero-order chi connectivity index (χ0) is 13.4. The van der Waals surface area contributed by atoms with Crippen LogP contribution in [-0.4, -0.2) is 49.3 Å². The number of nitrogens with zero attached hydrogens (tertiary/aromatic N) is 1. The summed E-state index contributed by atoms with van der Waals surface area (Å²) in [6.45, 7) is 10.3. The lowest BCUT2D eigenvalue weighted by Gasteiger charge is -2.23. The predicted molar refractivity (Wildman–Crippen MR) is 76.6 cm³/mol. The summed E-state index contributed by atoms with van der Waals surface area (Å²) in [5.41, 5.74) is 0. The van der Waals surface area contributed by atoms with E-state index in [2.05, 4.69) is 36.9 Å². The minimum absolute atomic E-state index is 0.365. The van der Waals surface area contributed by atoms with Crippen molar-refractivity contribution in [1.82, 2.24) is 10.2 Å². The Kier molecular flexibility index (Phi) is 7.34. The van der Waals surface area contributed by atoms with Gasteiger partial charge in [-0.3, -0.25) is 4.90 Å². The first kappa shape index (κ1) is 15.5. The molecule has 3 nitrogen and oxygen atoms in total. The van der Waals surface area contributed by atoms with E-state index in [1.165, 1.54) is 6.42 Å². The first-order chi connectivity index (χ1) is 8.65. The molecule has 1 heterocycles. The van der Waals surface area contributed by atoms with Crippen LogP contribution in [0.25, 0.3) is 0 Å². The Morgan fingerprint density at radius 1 is 1.39 bits per heavy atom. The average Bonchev–Trinajstić information content (AvgIpc) is 2.75. The van der Waals surface area contributed by atoms with Crippen LogP contribution < -0.4 is 5.32 Å². The molecule has 0 spiro atoms. The molecule has 2 atom stereocenters. The molecular weight excluding hydrogens is 224 g/mol.